The van der Waals surface area contributed by atoms with Gasteiger partial charge < -0.3 is 4.74 Å². The minimum atomic E-state index is 0.697. The Hall–Kier alpha value is -2.95. The van der Waals surface area contributed by atoms with Gasteiger partial charge in [0, 0.05) is 11.6 Å². The number of fused-ring (bicyclic) bond motifs is 1. The molecule has 0 fully saturated rings. The molecule has 1 aromatic carbocycles. The van der Waals surface area contributed by atoms with Crippen LogP contribution in [0.3, 0.4) is 0 Å². The number of methoxy groups -OCH3 is 1. The summed E-state index contributed by atoms with van der Waals surface area (Å²) in [6.45, 7) is 2.04. The first kappa shape index (κ1) is 14.0. The first-order valence-electron chi connectivity index (χ1n) is 6.92. The Morgan fingerprint density at radius 3 is 2.86 bits per heavy atom. The number of anilines is 1. The molecule has 0 atom stereocenters. The van der Waals surface area contributed by atoms with Crippen LogP contribution in [-0.4, -0.2) is 23.3 Å². The molecule has 22 heavy (non-hydrogen) atoms. The number of aryl methyl sites for hydroxylation is 1. The molecule has 0 saturated heterocycles. The number of hydrogen-bond acceptors (Lipinski definition) is 5. The molecule has 5 nitrogen and oxygen atoms in total. The van der Waals surface area contributed by atoms with Gasteiger partial charge in [-0.15, -0.1) is 0 Å². The molecule has 2 aromatic heterocycles. The predicted molar refractivity (Wildman–Crippen MR) is 88.5 cm³/mol. The fraction of sp³-hybridized carbons (Fsp3) is 0.118. The van der Waals surface area contributed by atoms with Crippen molar-refractivity contribution in [3.63, 3.8) is 0 Å². The Bertz CT molecular complexity index is 816. The van der Waals surface area contributed by atoms with Crippen molar-refractivity contribution >= 4 is 22.9 Å². The molecule has 0 amide bonds. The van der Waals surface area contributed by atoms with Crippen molar-refractivity contribution in [1.82, 2.24) is 9.97 Å². The van der Waals surface area contributed by atoms with Gasteiger partial charge in [0.2, 0.25) is 0 Å². The Kier molecular flexibility index (Phi) is 3.96. The lowest BCUT2D eigenvalue weighted by Crippen LogP contribution is -1.96. The molecule has 2 heterocycles. The van der Waals surface area contributed by atoms with Crippen LogP contribution in [0.5, 0.6) is 5.75 Å². The Balaban J connectivity index is 1.84. The second kappa shape index (κ2) is 6.22. The highest BCUT2D eigenvalue weighted by atomic mass is 16.5. The average Bonchev–Trinajstić information content (AvgIpc) is 2.56. The second-order valence-electron chi connectivity index (χ2n) is 4.83. The van der Waals surface area contributed by atoms with Crippen LogP contribution in [0.2, 0.25) is 0 Å². The molecular weight excluding hydrogens is 276 g/mol. The summed E-state index contributed by atoms with van der Waals surface area (Å²) >= 11 is 0. The van der Waals surface area contributed by atoms with Crippen LogP contribution in [0.1, 0.15) is 11.3 Å². The van der Waals surface area contributed by atoms with Crippen molar-refractivity contribution in [3.8, 4) is 5.75 Å². The van der Waals surface area contributed by atoms with Gasteiger partial charge in [-0.2, -0.15) is 5.10 Å². The van der Waals surface area contributed by atoms with Gasteiger partial charge in [0.05, 0.1) is 24.5 Å². The lowest BCUT2D eigenvalue weighted by Gasteiger charge is -2.07. The highest BCUT2D eigenvalue weighted by Gasteiger charge is 2.03. The van der Waals surface area contributed by atoms with Crippen molar-refractivity contribution in [3.05, 3.63) is 59.9 Å². The highest BCUT2D eigenvalue weighted by Crippen LogP contribution is 2.24. The lowest BCUT2D eigenvalue weighted by molar-refractivity contribution is 0.415. The Morgan fingerprint density at radius 2 is 2.09 bits per heavy atom. The largest absolute Gasteiger partial charge is 0.497 e. The lowest BCUT2D eigenvalue weighted by atomic mass is 10.1. The number of hydrogen-bond donors (Lipinski definition) is 1. The van der Waals surface area contributed by atoms with Gasteiger partial charge in [-0.25, -0.2) is 4.98 Å². The third-order valence-corrected chi connectivity index (χ3v) is 3.29. The van der Waals surface area contributed by atoms with Gasteiger partial charge in [0.25, 0.3) is 0 Å². The maximum Gasteiger partial charge on any atom is 0.147 e. The van der Waals surface area contributed by atoms with E-state index in [1.807, 2.05) is 49.4 Å². The molecule has 3 aromatic rings. The molecule has 5 heteroatoms. The average molecular weight is 292 g/mol. The van der Waals surface area contributed by atoms with Crippen LogP contribution in [0.15, 0.2) is 53.8 Å². The minimum absolute atomic E-state index is 0.697. The molecule has 0 aliphatic carbocycles. The smallest absolute Gasteiger partial charge is 0.147 e. The summed E-state index contributed by atoms with van der Waals surface area (Å²) in [5, 5.41) is 5.24. The molecule has 0 radical (unpaired) electrons. The fourth-order valence-corrected chi connectivity index (χ4v) is 2.17. The predicted octanol–water partition coefficient (Wildman–Crippen LogP) is 3.39. The quantitative estimate of drug-likeness (QED) is 0.591. The van der Waals surface area contributed by atoms with Crippen LogP contribution >= 0.6 is 0 Å². The molecular formula is C17H16N4O. The Morgan fingerprint density at radius 1 is 1.18 bits per heavy atom. The van der Waals surface area contributed by atoms with E-state index in [0.29, 0.717) is 5.82 Å². The number of nitrogens with zero attached hydrogens (tertiary/aromatic N) is 3. The second-order valence-corrected chi connectivity index (χ2v) is 4.83. The number of benzene rings is 1. The molecule has 0 saturated carbocycles. The normalized spacial score (nSPS) is 11.0. The molecule has 0 unspecified atom stereocenters. The van der Waals surface area contributed by atoms with Crippen LogP contribution in [-0.2, 0) is 0 Å². The van der Waals surface area contributed by atoms with E-state index in [4.69, 9.17) is 4.74 Å². The number of nitrogens with one attached hydrogen (secondary N) is 1. The van der Waals surface area contributed by atoms with Gasteiger partial charge in [-0.3, -0.25) is 10.4 Å². The monoisotopic (exact) mass is 292 g/mol. The van der Waals surface area contributed by atoms with Crippen molar-refractivity contribution in [2.75, 3.05) is 12.5 Å². The number of aromatic nitrogens is 2. The zero-order valence-electron chi connectivity index (χ0n) is 12.4. The van der Waals surface area contributed by atoms with Crippen LogP contribution in [0.4, 0.5) is 5.82 Å². The fourth-order valence-electron chi connectivity index (χ4n) is 2.17. The van der Waals surface area contributed by atoms with Crippen molar-refractivity contribution in [1.29, 1.82) is 0 Å². The number of hydrazone groups is 1. The van der Waals surface area contributed by atoms with Gasteiger partial charge in [-0.1, -0.05) is 6.07 Å². The molecule has 0 aliphatic heterocycles. The number of pyridine rings is 2. The third-order valence-electron chi connectivity index (χ3n) is 3.29. The van der Waals surface area contributed by atoms with E-state index in [1.165, 1.54) is 0 Å². The minimum Gasteiger partial charge on any atom is -0.497 e. The number of ether oxygens (including phenoxy) is 1. The van der Waals surface area contributed by atoms with E-state index >= 15 is 0 Å². The van der Waals surface area contributed by atoms with E-state index in [2.05, 4.69) is 20.5 Å². The summed E-state index contributed by atoms with van der Waals surface area (Å²) in [6, 6.07) is 13.4. The van der Waals surface area contributed by atoms with E-state index in [0.717, 1.165) is 27.9 Å². The van der Waals surface area contributed by atoms with E-state index in [9.17, 15) is 0 Å². The molecule has 110 valence electrons. The first-order valence-corrected chi connectivity index (χ1v) is 6.92. The summed E-state index contributed by atoms with van der Waals surface area (Å²) in [6.07, 6.45) is 3.39. The van der Waals surface area contributed by atoms with Gasteiger partial charge >= 0.3 is 0 Å². The maximum absolute atomic E-state index is 5.25. The molecule has 0 aliphatic rings. The zero-order valence-corrected chi connectivity index (χ0v) is 12.4. The van der Waals surface area contributed by atoms with Crippen molar-refractivity contribution < 1.29 is 4.74 Å². The van der Waals surface area contributed by atoms with Crippen molar-refractivity contribution in [2.24, 2.45) is 5.10 Å². The van der Waals surface area contributed by atoms with Crippen LogP contribution in [0.25, 0.3) is 10.9 Å². The highest BCUT2D eigenvalue weighted by molar-refractivity contribution is 5.85. The standard InChI is InChI=1S/C17H16N4O/c1-12-9-17(21-19-11-13-5-3-4-8-18-13)20-16-7-6-14(22-2)10-15(12)16/h3-11H,1-2H3,(H,20,21)/b19-11+. The number of rotatable bonds is 4. The first-order chi connectivity index (χ1) is 10.8. The van der Waals surface area contributed by atoms with Gasteiger partial charge in [-0.05, 0) is 48.9 Å². The summed E-state index contributed by atoms with van der Waals surface area (Å²) in [4.78, 5) is 8.71. The third kappa shape index (κ3) is 3.03. The molecule has 0 spiro atoms. The van der Waals surface area contributed by atoms with Crippen LogP contribution in [0, 0.1) is 6.92 Å². The van der Waals surface area contributed by atoms with Gasteiger partial charge in [0.1, 0.15) is 11.6 Å². The molecule has 1 N–H and O–H groups in total. The maximum atomic E-state index is 5.25. The summed E-state index contributed by atoms with van der Waals surface area (Å²) in [5.41, 5.74) is 5.74. The van der Waals surface area contributed by atoms with Gasteiger partial charge in [0.15, 0.2) is 0 Å². The van der Waals surface area contributed by atoms with Crippen LogP contribution < -0.4 is 10.2 Å². The SMILES string of the molecule is COc1ccc2nc(N/N=C/c3ccccn3)cc(C)c2c1. The molecule has 3 rings (SSSR count). The van der Waals surface area contributed by atoms with Crippen molar-refractivity contribution in [2.45, 2.75) is 6.92 Å². The summed E-state index contributed by atoms with van der Waals surface area (Å²) in [5.74, 6) is 1.52. The van der Waals surface area contributed by atoms with E-state index < -0.39 is 0 Å². The Labute approximate surface area is 128 Å². The molecule has 0 bridgehead atoms. The topological polar surface area (TPSA) is 59.4 Å². The zero-order chi connectivity index (χ0) is 15.4. The van der Waals surface area contributed by atoms with E-state index in [-0.39, 0.29) is 0 Å². The summed E-state index contributed by atoms with van der Waals surface area (Å²) < 4.78 is 5.25. The van der Waals surface area contributed by atoms with E-state index in [1.54, 1.807) is 19.5 Å². The summed E-state index contributed by atoms with van der Waals surface area (Å²) in [7, 11) is 1.66.